The second-order valence-electron chi connectivity index (χ2n) is 4.33. The molecule has 1 heterocycles. The largest absolute Gasteiger partial charge is 0.485 e. The highest BCUT2D eigenvalue weighted by Crippen LogP contribution is 2.32. The lowest BCUT2D eigenvalue weighted by molar-refractivity contribution is 0.0953. The van der Waals surface area contributed by atoms with Gasteiger partial charge in [-0.2, -0.15) is 0 Å². The quantitative estimate of drug-likeness (QED) is 0.493. The number of hydrogen-bond donors (Lipinski definition) is 2. The van der Waals surface area contributed by atoms with Crippen LogP contribution in [0.2, 0.25) is 5.02 Å². The van der Waals surface area contributed by atoms with Crippen LogP contribution < -0.4 is 16.0 Å². The van der Waals surface area contributed by atoms with Crippen LogP contribution in [0.25, 0.3) is 0 Å². The van der Waals surface area contributed by atoms with Crippen molar-refractivity contribution in [1.29, 1.82) is 0 Å². The number of nitrogen functional groups attached to an aromatic ring is 1. The lowest BCUT2D eigenvalue weighted by Crippen LogP contribution is -2.30. The number of rotatable bonds is 4. The second kappa shape index (κ2) is 6.89. The van der Waals surface area contributed by atoms with Crippen LogP contribution in [-0.2, 0) is 6.61 Å². The Kier molecular flexibility index (Phi) is 5.17. The predicted molar refractivity (Wildman–Crippen MR) is 84.1 cm³/mol. The Hall–Kier alpha value is -1.63. The standard InChI is InChI=1S/C14H13BrClN3O2/c1-8-4-10(15)5-12(16)13(8)21-7-11-3-2-9(6-18-11)14(20)19-17/h2-6H,7,17H2,1H3,(H,19,20). The highest BCUT2D eigenvalue weighted by Gasteiger charge is 2.09. The van der Waals surface area contributed by atoms with E-state index >= 15 is 0 Å². The molecule has 1 aromatic heterocycles. The molecule has 2 rings (SSSR count). The first-order valence-electron chi connectivity index (χ1n) is 6.05. The molecule has 0 spiro atoms. The van der Waals surface area contributed by atoms with Gasteiger partial charge in [0.2, 0.25) is 0 Å². The number of pyridine rings is 1. The summed E-state index contributed by atoms with van der Waals surface area (Å²) < 4.78 is 6.59. The summed E-state index contributed by atoms with van der Waals surface area (Å²) in [5.41, 5.74) is 4.04. The van der Waals surface area contributed by atoms with Gasteiger partial charge in [-0.05, 0) is 36.8 Å². The maximum Gasteiger partial charge on any atom is 0.266 e. The normalized spacial score (nSPS) is 10.3. The summed E-state index contributed by atoms with van der Waals surface area (Å²) in [7, 11) is 0. The summed E-state index contributed by atoms with van der Waals surface area (Å²) in [5, 5.41) is 0.529. The molecule has 110 valence electrons. The number of hydrazine groups is 1. The minimum atomic E-state index is -0.387. The SMILES string of the molecule is Cc1cc(Br)cc(Cl)c1OCc1ccc(C(=O)NN)cn1. The van der Waals surface area contributed by atoms with E-state index in [4.69, 9.17) is 22.2 Å². The molecule has 0 bridgehead atoms. The van der Waals surface area contributed by atoms with Gasteiger partial charge in [-0.15, -0.1) is 0 Å². The van der Waals surface area contributed by atoms with Gasteiger partial charge < -0.3 is 4.74 Å². The number of hydrogen-bond acceptors (Lipinski definition) is 4. The van der Waals surface area contributed by atoms with Crippen LogP contribution in [-0.4, -0.2) is 10.9 Å². The van der Waals surface area contributed by atoms with Crippen molar-refractivity contribution in [3.05, 3.63) is 56.8 Å². The molecule has 0 fully saturated rings. The number of carbonyl (C=O) groups is 1. The third-order valence-corrected chi connectivity index (χ3v) is 3.52. The number of aryl methyl sites for hydroxylation is 1. The summed E-state index contributed by atoms with van der Waals surface area (Å²) in [5.74, 6) is 5.28. The van der Waals surface area contributed by atoms with Gasteiger partial charge in [-0.1, -0.05) is 27.5 Å². The third kappa shape index (κ3) is 3.93. The van der Waals surface area contributed by atoms with Crippen molar-refractivity contribution in [2.45, 2.75) is 13.5 Å². The Bertz CT molecular complexity index is 639. The number of nitrogens with zero attached hydrogens (tertiary/aromatic N) is 1. The molecule has 5 nitrogen and oxygen atoms in total. The first kappa shape index (κ1) is 15.8. The summed E-state index contributed by atoms with van der Waals surface area (Å²) in [6.45, 7) is 2.17. The molecule has 0 aliphatic rings. The molecular weight excluding hydrogens is 358 g/mol. The molecule has 0 unspecified atom stereocenters. The lowest BCUT2D eigenvalue weighted by atomic mass is 10.2. The van der Waals surface area contributed by atoms with E-state index in [9.17, 15) is 4.79 Å². The van der Waals surface area contributed by atoms with Crippen LogP contribution in [0.15, 0.2) is 34.9 Å². The van der Waals surface area contributed by atoms with Crippen molar-refractivity contribution in [3.63, 3.8) is 0 Å². The summed E-state index contributed by atoms with van der Waals surface area (Å²) >= 11 is 9.52. The maximum atomic E-state index is 11.3. The van der Waals surface area contributed by atoms with E-state index in [-0.39, 0.29) is 12.5 Å². The molecule has 21 heavy (non-hydrogen) atoms. The number of ether oxygens (including phenoxy) is 1. The zero-order chi connectivity index (χ0) is 15.4. The predicted octanol–water partition coefficient (Wildman–Crippen LogP) is 2.99. The average molecular weight is 371 g/mol. The first-order valence-corrected chi connectivity index (χ1v) is 7.22. The number of halogens is 2. The Morgan fingerprint density at radius 2 is 2.24 bits per heavy atom. The van der Waals surface area contributed by atoms with Crippen molar-refractivity contribution in [2.24, 2.45) is 5.84 Å². The minimum Gasteiger partial charge on any atom is -0.485 e. The summed E-state index contributed by atoms with van der Waals surface area (Å²) in [6, 6.07) is 7.02. The summed E-state index contributed by atoms with van der Waals surface area (Å²) in [4.78, 5) is 15.4. The van der Waals surface area contributed by atoms with E-state index in [1.54, 1.807) is 18.2 Å². The molecule has 3 N–H and O–H groups in total. The van der Waals surface area contributed by atoms with E-state index in [1.807, 2.05) is 18.4 Å². The molecule has 1 aromatic carbocycles. The lowest BCUT2D eigenvalue weighted by Gasteiger charge is -2.11. The van der Waals surface area contributed by atoms with E-state index in [0.29, 0.717) is 22.0 Å². The van der Waals surface area contributed by atoms with Crippen LogP contribution in [0, 0.1) is 6.92 Å². The number of aromatic nitrogens is 1. The van der Waals surface area contributed by atoms with Gasteiger partial charge in [0.15, 0.2) is 0 Å². The zero-order valence-electron chi connectivity index (χ0n) is 11.2. The molecule has 0 saturated carbocycles. The van der Waals surface area contributed by atoms with Crippen LogP contribution >= 0.6 is 27.5 Å². The zero-order valence-corrected chi connectivity index (χ0v) is 13.5. The number of benzene rings is 1. The van der Waals surface area contributed by atoms with Crippen LogP contribution in [0.3, 0.4) is 0 Å². The number of amides is 1. The molecule has 2 aromatic rings. The highest BCUT2D eigenvalue weighted by molar-refractivity contribution is 9.10. The first-order chi connectivity index (χ1) is 10.0. The van der Waals surface area contributed by atoms with Gasteiger partial charge in [0, 0.05) is 10.7 Å². The Morgan fingerprint density at radius 1 is 1.48 bits per heavy atom. The van der Waals surface area contributed by atoms with Crippen molar-refractivity contribution >= 4 is 33.4 Å². The molecular formula is C14H13BrClN3O2. The molecule has 0 atom stereocenters. The van der Waals surface area contributed by atoms with Gasteiger partial charge in [-0.3, -0.25) is 15.2 Å². The van der Waals surface area contributed by atoms with E-state index in [0.717, 1.165) is 10.0 Å². The molecule has 0 saturated heterocycles. The van der Waals surface area contributed by atoms with Crippen molar-refractivity contribution < 1.29 is 9.53 Å². The van der Waals surface area contributed by atoms with Gasteiger partial charge in [0.1, 0.15) is 12.4 Å². The fraction of sp³-hybridized carbons (Fsp3) is 0.143. The average Bonchev–Trinajstić information content (AvgIpc) is 2.46. The third-order valence-electron chi connectivity index (χ3n) is 2.78. The second-order valence-corrected chi connectivity index (χ2v) is 5.66. The van der Waals surface area contributed by atoms with Gasteiger partial charge in [-0.25, -0.2) is 5.84 Å². The fourth-order valence-electron chi connectivity index (χ4n) is 1.75. The molecule has 1 amide bonds. The highest BCUT2D eigenvalue weighted by atomic mass is 79.9. The summed E-state index contributed by atoms with van der Waals surface area (Å²) in [6.07, 6.45) is 1.44. The van der Waals surface area contributed by atoms with Crippen molar-refractivity contribution in [1.82, 2.24) is 10.4 Å². The van der Waals surface area contributed by atoms with Crippen LogP contribution in [0.1, 0.15) is 21.6 Å². The minimum absolute atomic E-state index is 0.257. The van der Waals surface area contributed by atoms with Crippen molar-refractivity contribution in [3.8, 4) is 5.75 Å². The Labute approximate surface area is 135 Å². The number of nitrogens with two attached hydrogens (primary N) is 1. The fourth-order valence-corrected chi connectivity index (χ4v) is 2.77. The number of nitrogens with one attached hydrogen (secondary N) is 1. The smallest absolute Gasteiger partial charge is 0.266 e. The topological polar surface area (TPSA) is 77.2 Å². The molecule has 0 aliphatic heterocycles. The van der Waals surface area contributed by atoms with Gasteiger partial charge in [0.05, 0.1) is 16.3 Å². The maximum absolute atomic E-state index is 11.3. The monoisotopic (exact) mass is 369 g/mol. The van der Waals surface area contributed by atoms with Crippen LogP contribution in [0.4, 0.5) is 0 Å². The Balaban J connectivity index is 2.08. The van der Waals surface area contributed by atoms with E-state index in [2.05, 4.69) is 20.9 Å². The van der Waals surface area contributed by atoms with Gasteiger partial charge >= 0.3 is 0 Å². The van der Waals surface area contributed by atoms with Crippen LogP contribution in [0.5, 0.6) is 5.75 Å². The molecule has 0 aliphatic carbocycles. The van der Waals surface area contributed by atoms with E-state index < -0.39 is 0 Å². The molecule has 0 radical (unpaired) electrons. The molecule has 7 heteroatoms. The number of carbonyl (C=O) groups excluding carboxylic acids is 1. The van der Waals surface area contributed by atoms with Gasteiger partial charge in [0.25, 0.3) is 5.91 Å². The Morgan fingerprint density at radius 3 is 2.81 bits per heavy atom. The van der Waals surface area contributed by atoms with E-state index in [1.165, 1.54) is 6.20 Å². The van der Waals surface area contributed by atoms with Crippen molar-refractivity contribution in [2.75, 3.05) is 0 Å².